The molecule has 2 aromatic rings. The number of benzene rings is 2. The summed E-state index contributed by atoms with van der Waals surface area (Å²) in [7, 11) is 0. The lowest BCUT2D eigenvalue weighted by molar-refractivity contribution is 0.326. The van der Waals surface area contributed by atoms with Crippen molar-refractivity contribution in [1.82, 2.24) is 5.32 Å². The summed E-state index contributed by atoms with van der Waals surface area (Å²) >= 11 is 12.3. The second kappa shape index (κ2) is 7.03. The molecule has 0 bridgehead atoms. The van der Waals surface area contributed by atoms with E-state index in [0.29, 0.717) is 0 Å². The van der Waals surface area contributed by atoms with Gasteiger partial charge in [0.1, 0.15) is 0 Å². The molecule has 1 fully saturated rings. The fourth-order valence-electron chi connectivity index (χ4n) is 4.13. The van der Waals surface area contributed by atoms with E-state index < -0.39 is 0 Å². The maximum Gasteiger partial charge on any atom is 0.0410 e. The van der Waals surface area contributed by atoms with Crippen molar-refractivity contribution in [2.24, 2.45) is 0 Å². The molecule has 0 saturated carbocycles. The van der Waals surface area contributed by atoms with E-state index in [1.54, 1.807) is 0 Å². The highest BCUT2D eigenvalue weighted by molar-refractivity contribution is 6.31. The molecule has 130 valence electrons. The second-order valence-electron chi connectivity index (χ2n) is 7.03. The van der Waals surface area contributed by atoms with Crippen molar-refractivity contribution >= 4 is 35.0 Å². The molecule has 0 aromatic heterocycles. The summed E-state index contributed by atoms with van der Waals surface area (Å²) < 4.78 is 0. The molecular formula is C21H22Cl2N2. The Morgan fingerprint density at radius 2 is 1.72 bits per heavy atom. The van der Waals surface area contributed by atoms with Crippen LogP contribution in [0.5, 0.6) is 0 Å². The molecule has 0 atom stereocenters. The Morgan fingerprint density at radius 1 is 1.00 bits per heavy atom. The van der Waals surface area contributed by atoms with Gasteiger partial charge in [-0.05, 0) is 67.4 Å². The maximum absolute atomic E-state index is 6.31. The SMILES string of the molecule is Clc1ccc(C=CCN2CC3(CCNCC3)c3cc(Cl)ccc32)cc1. The van der Waals surface area contributed by atoms with Crippen molar-refractivity contribution in [3.63, 3.8) is 0 Å². The first kappa shape index (κ1) is 17.0. The van der Waals surface area contributed by atoms with Crippen LogP contribution in [0.4, 0.5) is 5.69 Å². The van der Waals surface area contributed by atoms with E-state index >= 15 is 0 Å². The summed E-state index contributed by atoms with van der Waals surface area (Å²) in [4.78, 5) is 2.49. The first-order chi connectivity index (χ1) is 12.2. The molecule has 0 radical (unpaired) electrons. The number of anilines is 1. The molecule has 0 unspecified atom stereocenters. The van der Waals surface area contributed by atoms with E-state index in [-0.39, 0.29) is 5.41 Å². The topological polar surface area (TPSA) is 15.3 Å². The fourth-order valence-corrected chi connectivity index (χ4v) is 4.43. The van der Waals surface area contributed by atoms with E-state index in [0.717, 1.165) is 36.2 Å². The van der Waals surface area contributed by atoms with Crippen LogP contribution in [0.1, 0.15) is 24.0 Å². The number of hydrogen-bond acceptors (Lipinski definition) is 2. The lowest BCUT2D eigenvalue weighted by Gasteiger charge is -2.35. The highest BCUT2D eigenvalue weighted by Crippen LogP contribution is 2.46. The monoisotopic (exact) mass is 372 g/mol. The first-order valence-corrected chi connectivity index (χ1v) is 9.60. The Morgan fingerprint density at radius 3 is 2.48 bits per heavy atom. The summed E-state index contributed by atoms with van der Waals surface area (Å²) in [5, 5.41) is 5.11. The van der Waals surface area contributed by atoms with Crippen molar-refractivity contribution in [2.45, 2.75) is 18.3 Å². The van der Waals surface area contributed by atoms with E-state index in [4.69, 9.17) is 23.2 Å². The van der Waals surface area contributed by atoms with Gasteiger partial charge in [0.05, 0.1) is 0 Å². The number of hydrogen-bond donors (Lipinski definition) is 1. The van der Waals surface area contributed by atoms with Gasteiger partial charge < -0.3 is 10.2 Å². The van der Waals surface area contributed by atoms with Crippen molar-refractivity contribution in [3.8, 4) is 0 Å². The number of piperidine rings is 1. The normalized spacial score (nSPS) is 18.9. The van der Waals surface area contributed by atoms with Crippen LogP contribution in [-0.4, -0.2) is 26.2 Å². The van der Waals surface area contributed by atoms with Crippen molar-refractivity contribution in [3.05, 3.63) is 69.7 Å². The zero-order valence-corrected chi connectivity index (χ0v) is 15.7. The third-order valence-corrected chi connectivity index (χ3v) is 5.92. The third kappa shape index (κ3) is 3.44. The van der Waals surface area contributed by atoms with Gasteiger partial charge in [0, 0.05) is 34.2 Å². The van der Waals surface area contributed by atoms with E-state index in [1.807, 2.05) is 30.3 Å². The Balaban J connectivity index is 1.56. The molecule has 1 saturated heterocycles. The summed E-state index contributed by atoms with van der Waals surface area (Å²) in [6.07, 6.45) is 6.76. The van der Waals surface area contributed by atoms with Crippen LogP contribution in [0.25, 0.3) is 6.08 Å². The number of nitrogens with one attached hydrogen (secondary N) is 1. The minimum atomic E-state index is 0.250. The summed E-state index contributed by atoms with van der Waals surface area (Å²) in [6, 6.07) is 14.3. The Hall–Kier alpha value is -1.48. The predicted octanol–water partition coefficient (Wildman–Crippen LogP) is 5.15. The first-order valence-electron chi connectivity index (χ1n) is 8.84. The van der Waals surface area contributed by atoms with Gasteiger partial charge in [-0.2, -0.15) is 0 Å². The van der Waals surface area contributed by atoms with Crippen LogP contribution in [0, 0.1) is 0 Å². The molecule has 1 spiro atoms. The average molecular weight is 373 g/mol. The maximum atomic E-state index is 6.31. The van der Waals surface area contributed by atoms with Gasteiger partial charge in [0.2, 0.25) is 0 Å². The highest BCUT2D eigenvalue weighted by atomic mass is 35.5. The molecule has 0 amide bonds. The molecule has 2 aromatic carbocycles. The van der Waals surface area contributed by atoms with Gasteiger partial charge in [-0.1, -0.05) is 47.5 Å². The second-order valence-corrected chi connectivity index (χ2v) is 7.90. The largest absolute Gasteiger partial charge is 0.367 e. The summed E-state index contributed by atoms with van der Waals surface area (Å²) in [5.41, 5.74) is 4.20. The van der Waals surface area contributed by atoms with Crippen LogP contribution in [-0.2, 0) is 5.41 Å². The molecular weight excluding hydrogens is 351 g/mol. The summed E-state index contributed by atoms with van der Waals surface area (Å²) in [5.74, 6) is 0. The average Bonchev–Trinajstić information content (AvgIpc) is 2.90. The lowest BCUT2D eigenvalue weighted by Crippen LogP contribution is -2.43. The third-order valence-electron chi connectivity index (χ3n) is 5.43. The Kier molecular flexibility index (Phi) is 4.77. The Bertz CT molecular complexity index is 777. The van der Waals surface area contributed by atoms with Gasteiger partial charge in [-0.25, -0.2) is 0 Å². The minimum absolute atomic E-state index is 0.250. The minimum Gasteiger partial charge on any atom is -0.367 e. The van der Waals surface area contributed by atoms with Crippen LogP contribution < -0.4 is 10.2 Å². The van der Waals surface area contributed by atoms with E-state index in [1.165, 1.54) is 29.7 Å². The zero-order valence-electron chi connectivity index (χ0n) is 14.1. The van der Waals surface area contributed by atoms with E-state index in [2.05, 4.69) is 34.5 Å². The van der Waals surface area contributed by atoms with Crippen LogP contribution in [0.2, 0.25) is 10.0 Å². The fraction of sp³-hybridized carbons (Fsp3) is 0.333. The lowest BCUT2D eigenvalue weighted by atomic mass is 9.75. The molecule has 1 N–H and O–H groups in total. The highest BCUT2D eigenvalue weighted by Gasteiger charge is 2.42. The quantitative estimate of drug-likeness (QED) is 0.801. The van der Waals surface area contributed by atoms with Crippen LogP contribution in [0.15, 0.2) is 48.5 Å². The van der Waals surface area contributed by atoms with Gasteiger partial charge in [0.15, 0.2) is 0 Å². The molecule has 2 nitrogen and oxygen atoms in total. The molecule has 4 rings (SSSR count). The standard InChI is InChI=1S/C21H22Cl2N2/c22-17-5-3-16(4-6-17)2-1-13-25-15-21(9-11-24-12-10-21)19-14-18(23)7-8-20(19)25/h1-8,14,24H,9-13,15H2. The summed E-state index contributed by atoms with van der Waals surface area (Å²) in [6.45, 7) is 4.16. The van der Waals surface area contributed by atoms with E-state index in [9.17, 15) is 0 Å². The smallest absolute Gasteiger partial charge is 0.0410 e. The number of fused-ring (bicyclic) bond motifs is 2. The van der Waals surface area contributed by atoms with Crippen molar-refractivity contribution in [2.75, 3.05) is 31.1 Å². The van der Waals surface area contributed by atoms with Crippen LogP contribution in [0.3, 0.4) is 0 Å². The number of halogens is 2. The molecule has 25 heavy (non-hydrogen) atoms. The molecule has 0 aliphatic carbocycles. The molecule has 2 aliphatic rings. The van der Waals surface area contributed by atoms with Crippen LogP contribution >= 0.6 is 23.2 Å². The molecule has 2 heterocycles. The van der Waals surface area contributed by atoms with Gasteiger partial charge in [0.25, 0.3) is 0 Å². The number of rotatable bonds is 3. The number of nitrogens with zero attached hydrogens (tertiary/aromatic N) is 1. The van der Waals surface area contributed by atoms with Gasteiger partial charge in [-0.3, -0.25) is 0 Å². The van der Waals surface area contributed by atoms with Gasteiger partial charge in [-0.15, -0.1) is 0 Å². The van der Waals surface area contributed by atoms with Crippen molar-refractivity contribution in [1.29, 1.82) is 0 Å². The molecule has 4 heteroatoms. The Labute approximate surface area is 159 Å². The molecule has 2 aliphatic heterocycles. The van der Waals surface area contributed by atoms with Crippen molar-refractivity contribution < 1.29 is 0 Å². The zero-order chi connectivity index (χ0) is 17.3. The predicted molar refractivity (Wildman–Crippen MR) is 108 cm³/mol. The van der Waals surface area contributed by atoms with Gasteiger partial charge >= 0.3 is 0 Å².